The third-order valence-electron chi connectivity index (χ3n) is 4.19. The van der Waals surface area contributed by atoms with Crippen LogP contribution in [0.3, 0.4) is 0 Å². The maximum atomic E-state index is 11.1. The van der Waals surface area contributed by atoms with Gasteiger partial charge in [0.1, 0.15) is 11.5 Å². The molecule has 0 spiro atoms. The fraction of sp³-hybridized carbons (Fsp3) is 0.136. The van der Waals surface area contributed by atoms with E-state index >= 15 is 0 Å². The third kappa shape index (κ3) is 4.63. The van der Waals surface area contributed by atoms with Crippen LogP contribution in [0.15, 0.2) is 77.7 Å². The van der Waals surface area contributed by atoms with Crippen molar-refractivity contribution < 1.29 is 19.4 Å². The summed E-state index contributed by atoms with van der Waals surface area (Å²) in [5.41, 5.74) is 2.55. The molecule has 0 amide bonds. The van der Waals surface area contributed by atoms with E-state index < -0.39 is 5.97 Å². The quantitative estimate of drug-likeness (QED) is 0.565. The number of carboxylic acids is 1. The summed E-state index contributed by atoms with van der Waals surface area (Å²) in [7, 11) is 3.30. The lowest BCUT2D eigenvalue weighted by molar-refractivity contribution is 0.0697. The van der Waals surface area contributed by atoms with Crippen LogP contribution in [-0.2, 0) is 0 Å². The topological polar surface area (TPSA) is 55.8 Å². The molecule has 5 heteroatoms. The van der Waals surface area contributed by atoms with Crippen LogP contribution in [-0.4, -0.2) is 25.3 Å². The van der Waals surface area contributed by atoms with Gasteiger partial charge >= 0.3 is 5.97 Å². The summed E-state index contributed by atoms with van der Waals surface area (Å²) in [5, 5.41) is 9.14. The van der Waals surface area contributed by atoms with Gasteiger partial charge in [0.25, 0.3) is 0 Å². The minimum Gasteiger partial charge on any atom is -0.497 e. The Balaban J connectivity index is 1.93. The van der Waals surface area contributed by atoms with Crippen LogP contribution in [0.25, 0.3) is 0 Å². The molecule has 0 aromatic heterocycles. The predicted molar refractivity (Wildman–Crippen MR) is 107 cm³/mol. The predicted octanol–water partition coefficient (Wildman–Crippen LogP) is 5.28. The fourth-order valence-electron chi connectivity index (χ4n) is 2.70. The van der Waals surface area contributed by atoms with Crippen LogP contribution < -0.4 is 9.47 Å². The molecule has 0 heterocycles. The van der Waals surface area contributed by atoms with Crippen LogP contribution in [0.2, 0.25) is 0 Å². The number of benzene rings is 3. The van der Waals surface area contributed by atoms with Gasteiger partial charge in [-0.2, -0.15) is 0 Å². The summed E-state index contributed by atoms with van der Waals surface area (Å²) >= 11 is 1.67. The summed E-state index contributed by atoms with van der Waals surface area (Å²) in [4.78, 5) is 12.1. The first-order chi connectivity index (χ1) is 13.1. The van der Waals surface area contributed by atoms with Crippen molar-refractivity contribution in [3.05, 3.63) is 89.5 Å². The van der Waals surface area contributed by atoms with Gasteiger partial charge < -0.3 is 14.6 Å². The highest BCUT2D eigenvalue weighted by atomic mass is 32.2. The van der Waals surface area contributed by atoms with Gasteiger partial charge in [-0.05, 0) is 59.7 Å². The van der Waals surface area contributed by atoms with Crippen molar-refractivity contribution in [2.45, 2.75) is 10.1 Å². The number of methoxy groups -OCH3 is 2. The number of carboxylic acid groups (broad SMARTS) is 1. The number of carbonyl (C=O) groups is 1. The number of hydrogen-bond acceptors (Lipinski definition) is 4. The minimum atomic E-state index is -0.923. The number of aromatic carboxylic acids is 1. The Hall–Kier alpha value is -2.92. The van der Waals surface area contributed by atoms with E-state index in [4.69, 9.17) is 14.6 Å². The van der Waals surface area contributed by atoms with Crippen LogP contribution in [0.5, 0.6) is 11.5 Å². The Bertz CT molecular complexity index is 840. The standard InChI is InChI=1S/C22H20O4S/c1-25-18-9-3-15(4-10-18)21(16-5-11-19(26-2)12-6-16)27-20-13-7-17(8-14-20)22(23)24/h3-14,21H,1-2H3,(H,23,24). The van der Waals surface area contributed by atoms with Gasteiger partial charge in [-0.25, -0.2) is 4.79 Å². The lowest BCUT2D eigenvalue weighted by atomic mass is 10.0. The van der Waals surface area contributed by atoms with Crippen molar-refractivity contribution in [2.24, 2.45) is 0 Å². The number of ether oxygens (including phenoxy) is 2. The number of hydrogen-bond donors (Lipinski definition) is 1. The molecule has 0 saturated heterocycles. The van der Waals surface area contributed by atoms with Gasteiger partial charge in [-0.3, -0.25) is 0 Å². The molecule has 3 aromatic rings. The van der Waals surface area contributed by atoms with E-state index in [-0.39, 0.29) is 10.8 Å². The summed E-state index contributed by atoms with van der Waals surface area (Å²) in [6, 6.07) is 22.9. The van der Waals surface area contributed by atoms with E-state index in [9.17, 15) is 4.79 Å². The van der Waals surface area contributed by atoms with E-state index in [0.29, 0.717) is 0 Å². The third-order valence-corrected chi connectivity index (χ3v) is 5.52. The molecule has 0 aliphatic heterocycles. The summed E-state index contributed by atoms with van der Waals surface area (Å²) in [6.07, 6.45) is 0. The molecule has 0 aliphatic carbocycles. The second kappa shape index (κ2) is 8.64. The first-order valence-electron chi connectivity index (χ1n) is 8.38. The highest BCUT2D eigenvalue weighted by molar-refractivity contribution is 7.99. The number of rotatable bonds is 7. The summed E-state index contributed by atoms with van der Waals surface area (Å²) in [6.45, 7) is 0. The van der Waals surface area contributed by atoms with Gasteiger partial charge in [0.05, 0.1) is 25.0 Å². The van der Waals surface area contributed by atoms with Gasteiger partial charge in [0.15, 0.2) is 0 Å². The van der Waals surface area contributed by atoms with Crippen LogP contribution in [0.4, 0.5) is 0 Å². The molecule has 3 aromatic carbocycles. The van der Waals surface area contributed by atoms with Crippen LogP contribution in [0, 0.1) is 0 Å². The molecule has 0 atom stereocenters. The Morgan fingerprint density at radius 2 is 1.22 bits per heavy atom. The maximum Gasteiger partial charge on any atom is 0.335 e. The van der Waals surface area contributed by atoms with E-state index in [1.807, 2.05) is 60.7 Å². The molecule has 0 fully saturated rings. The zero-order valence-corrected chi connectivity index (χ0v) is 15.9. The molecule has 4 nitrogen and oxygen atoms in total. The average molecular weight is 380 g/mol. The van der Waals surface area contributed by atoms with E-state index in [2.05, 4.69) is 0 Å². The van der Waals surface area contributed by atoms with Gasteiger partial charge in [-0.15, -0.1) is 11.8 Å². The Morgan fingerprint density at radius 3 is 1.59 bits per heavy atom. The molecule has 3 rings (SSSR count). The maximum absolute atomic E-state index is 11.1. The largest absolute Gasteiger partial charge is 0.497 e. The Labute approximate surface area is 162 Å². The molecule has 0 aliphatic rings. The summed E-state index contributed by atoms with van der Waals surface area (Å²) in [5.74, 6) is 0.694. The molecule has 0 radical (unpaired) electrons. The monoisotopic (exact) mass is 380 g/mol. The smallest absolute Gasteiger partial charge is 0.335 e. The minimum absolute atomic E-state index is 0.0532. The van der Waals surface area contributed by atoms with Crippen molar-refractivity contribution in [3.63, 3.8) is 0 Å². The van der Waals surface area contributed by atoms with Gasteiger partial charge in [0, 0.05) is 4.90 Å². The lowest BCUT2D eigenvalue weighted by Crippen LogP contribution is -1.98. The molecule has 27 heavy (non-hydrogen) atoms. The first-order valence-corrected chi connectivity index (χ1v) is 9.26. The van der Waals surface area contributed by atoms with Crippen molar-refractivity contribution in [1.29, 1.82) is 0 Å². The highest BCUT2D eigenvalue weighted by Gasteiger charge is 2.17. The van der Waals surface area contributed by atoms with Crippen molar-refractivity contribution >= 4 is 17.7 Å². The van der Waals surface area contributed by atoms with E-state index in [1.165, 1.54) is 0 Å². The molecular formula is C22H20O4S. The number of thioether (sulfide) groups is 1. The molecule has 1 N–H and O–H groups in total. The lowest BCUT2D eigenvalue weighted by Gasteiger charge is -2.19. The molecule has 0 saturated carbocycles. The zero-order chi connectivity index (χ0) is 19.2. The second-order valence-corrected chi connectivity index (χ2v) is 7.05. The summed E-state index contributed by atoms with van der Waals surface area (Å²) < 4.78 is 10.5. The highest BCUT2D eigenvalue weighted by Crippen LogP contribution is 2.41. The molecule has 0 bridgehead atoms. The zero-order valence-electron chi connectivity index (χ0n) is 15.1. The fourth-order valence-corrected chi connectivity index (χ4v) is 3.85. The SMILES string of the molecule is COc1ccc(C(Sc2ccc(C(=O)O)cc2)c2ccc(OC)cc2)cc1. The Morgan fingerprint density at radius 1 is 0.778 bits per heavy atom. The van der Waals surface area contributed by atoms with Crippen LogP contribution in [0.1, 0.15) is 26.7 Å². The van der Waals surface area contributed by atoms with E-state index in [1.54, 1.807) is 38.1 Å². The van der Waals surface area contributed by atoms with Crippen LogP contribution >= 0.6 is 11.8 Å². The van der Waals surface area contributed by atoms with E-state index in [0.717, 1.165) is 27.5 Å². The average Bonchev–Trinajstić information content (AvgIpc) is 2.72. The van der Waals surface area contributed by atoms with Crippen molar-refractivity contribution in [1.82, 2.24) is 0 Å². The van der Waals surface area contributed by atoms with Crippen molar-refractivity contribution in [3.8, 4) is 11.5 Å². The first kappa shape index (κ1) is 18.9. The Kier molecular flexibility index (Phi) is 6.04. The van der Waals surface area contributed by atoms with Crippen molar-refractivity contribution in [2.75, 3.05) is 14.2 Å². The second-order valence-electron chi connectivity index (χ2n) is 5.87. The normalized spacial score (nSPS) is 10.6. The van der Waals surface area contributed by atoms with Gasteiger partial charge in [-0.1, -0.05) is 24.3 Å². The molecular weight excluding hydrogens is 360 g/mol. The van der Waals surface area contributed by atoms with Gasteiger partial charge in [0.2, 0.25) is 0 Å². The molecule has 138 valence electrons. The molecule has 0 unspecified atom stereocenters.